The van der Waals surface area contributed by atoms with Gasteiger partial charge in [0.2, 0.25) is 0 Å². The molecule has 6 nitrogen and oxygen atoms in total. The number of benzene rings is 1. The first-order valence-electron chi connectivity index (χ1n) is 7.78. The lowest BCUT2D eigenvalue weighted by Gasteiger charge is -2.11. The van der Waals surface area contributed by atoms with Crippen LogP contribution in [0.3, 0.4) is 0 Å². The van der Waals surface area contributed by atoms with Crippen molar-refractivity contribution in [3.8, 4) is 21.3 Å². The number of nitrogens with one attached hydrogen (secondary N) is 1. The Hall–Kier alpha value is -1.76. The van der Waals surface area contributed by atoms with E-state index in [2.05, 4.69) is 15.2 Å². The van der Waals surface area contributed by atoms with Gasteiger partial charge in [-0.3, -0.25) is 4.72 Å². The molecule has 28 heavy (non-hydrogen) atoms. The SMILES string of the molecule is CCCc1nnc(-c2nc(-c3ccc(NS(=O)(=O)C(F)(F)F)cc3Cl)cs2)s1. The van der Waals surface area contributed by atoms with Crippen LogP contribution in [0.1, 0.15) is 18.4 Å². The number of aromatic nitrogens is 3. The second-order valence-corrected chi connectivity index (χ2v) is 9.54. The van der Waals surface area contributed by atoms with Crippen molar-refractivity contribution in [1.82, 2.24) is 15.2 Å². The summed E-state index contributed by atoms with van der Waals surface area (Å²) in [5, 5.41) is 12.2. The van der Waals surface area contributed by atoms with Gasteiger partial charge in [0.15, 0.2) is 10.0 Å². The molecule has 1 N–H and O–H groups in total. The average Bonchev–Trinajstić information content (AvgIpc) is 3.23. The monoisotopic (exact) mass is 468 g/mol. The smallest absolute Gasteiger partial charge is 0.276 e. The second kappa shape index (κ2) is 7.93. The molecule has 0 aliphatic rings. The summed E-state index contributed by atoms with van der Waals surface area (Å²) in [7, 11) is -5.52. The standard InChI is InChI=1S/C15H12ClF3N4O2S3/c1-2-3-12-21-22-14(27-12)13-20-11(7-26-13)9-5-4-8(6-10(9)16)23-28(24,25)15(17,18)19/h4-7,23H,2-3H2,1H3. The first-order chi connectivity index (χ1) is 13.1. The number of alkyl halides is 3. The van der Waals surface area contributed by atoms with Crippen LogP contribution in [0, 0.1) is 0 Å². The molecule has 3 rings (SSSR count). The number of anilines is 1. The van der Waals surface area contributed by atoms with Crippen molar-refractivity contribution in [2.45, 2.75) is 25.3 Å². The zero-order valence-corrected chi connectivity index (χ0v) is 17.3. The largest absolute Gasteiger partial charge is 0.516 e. The second-order valence-electron chi connectivity index (χ2n) is 5.53. The highest BCUT2D eigenvalue weighted by Crippen LogP contribution is 2.35. The molecule has 13 heteroatoms. The van der Waals surface area contributed by atoms with Crippen LogP contribution in [0.15, 0.2) is 23.6 Å². The summed E-state index contributed by atoms with van der Waals surface area (Å²) >= 11 is 8.91. The molecule has 0 saturated carbocycles. The molecule has 3 aromatic rings. The molecule has 150 valence electrons. The summed E-state index contributed by atoms with van der Waals surface area (Å²) < 4.78 is 61.3. The Kier molecular flexibility index (Phi) is 5.94. The number of aryl methyl sites for hydroxylation is 1. The summed E-state index contributed by atoms with van der Waals surface area (Å²) in [4.78, 5) is 4.45. The van der Waals surface area contributed by atoms with Crippen molar-refractivity contribution in [3.63, 3.8) is 0 Å². The number of hydrogen-bond acceptors (Lipinski definition) is 7. The van der Waals surface area contributed by atoms with Gasteiger partial charge >= 0.3 is 15.5 Å². The molecule has 2 aromatic heterocycles. The summed E-state index contributed by atoms with van der Waals surface area (Å²) in [5.74, 6) is 0. The minimum atomic E-state index is -5.52. The van der Waals surface area contributed by atoms with Gasteiger partial charge in [0.05, 0.1) is 16.4 Å². The molecule has 2 heterocycles. The molecule has 0 fully saturated rings. The quantitative estimate of drug-likeness (QED) is 0.537. The van der Waals surface area contributed by atoms with Crippen LogP contribution in [-0.4, -0.2) is 29.1 Å². The zero-order chi connectivity index (χ0) is 20.5. The molecule has 0 aliphatic heterocycles. The number of sulfonamides is 1. The van der Waals surface area contributed by atoms with Crippen LogP contribution in [-0.2, 0) is 16.4 Å². The third-order valence-corrected chi connectivity index (χ3v) is 6.81. The van der Waals surface area contributed by atoms with Crippen molar-refractivity contribution in [2.75, 3.05) is 4.72 Å². The molecule has 0 unspecified atom stereocenters. The Morgan fingerprint density at radius 2 is 1.96 bits per heavy atom. The van der Waals surface area contributed by atoms with Crippen LogP contribution in [0.2, 0.25) is 5.02 Å². The third kappa shape index (κ3) is 4.45. The molecule has 0 aliphatic carbocycles. The molecule has 0 spiro atoms. The predicted octanol–water partition coefficient (Wildman–Crippen LogP) is 5.20. The van der Waals surface area contributed by atoms with Crippen LogP contribution in [0.5, 0.6) is 0 Å². The summed E-state index contributed by atoms with van der Waals surface area (Å²) in [5.41, 5.74) is -4.75. The minimum Gasteiger partial charge on any atom is -0.276 e. The Labute approximate surface area is 171 Å². The van der Waals surface area contributed by atoms with E-state index in [9.17, 15) is 21.6 Å². The van der Waals surface area contributed by atoms with E-state index in [-0.39, 0.29) is 10.7 Å². The lowest BCUT2D eigenvalue weighted by atomic mass is 10.1. The van der Waals surface area contributed by atoms with Gasteiger partial charge in [-0.15, -0.1) is 21.5 Å². The first kappa shape index (κ1) is 21.0. The van der Waals surface area contributed by atoms with Crippen LogP contribution < -0.4 is 4.72 Å². The third-order valence-electron chi connectivity index (χ3n) is 3.42. The lowest BCUT2D eigenvalue weighted by molar-refractivity contribution is -0.0429. The van der Waals surface area contributed by atoms with E-state index in [0.29, 0.717) is 21.3 Å². The number of hydrogen-bond donors (Lipinski definition) is 1. The molecule has 0 radical (unpaired) electrons. The van der Waals surface area contributed by atoms with Crippen LogP contribution >= 0.6 is 34.3 Å². The Morgan fingerprint density at radius 3 is 2.61 bits per heavy atom. The fourth-order valence-electron chi connectivity index (χ4n) is 2.15. The van der Waals surface area contributed by atoms with Gasteiger partial charge < -0.3 is 0 Å². The fourth-order valence-corrected chi connectivity index (χ4v) is 4.77. The number of halogens is 4. The van der Waals surface area contributed by atoms with Gasteiger partial charge in [-0.25, -0.2) is 4.98 Å². The van der Waals surface area contributed by atoms with E-state index in [1.165, 1.54) is 39.5 Å². The van der Waals surface area contributed by atoms with Gasteiger partial charge in [-0.1, -0.05) is 29.9 Å². The maximum Gasteiger partial charge on any atom is 0.516 e. The molecule has 1 aromatic carbocycles. The van der Waals surface area contributed by atoms with E-state index >= 15 is 0 Å². The highest BCUT2D eigenvalue weighted by atomic mass is 35.5. The van der Waals surface area contributed by atoms with Gasteiger partial charge in [-0.05, 0) is 24.6 Å². The van der Waals surface area contributed by atoms with Gasteiger partial charge in [0.25, 0.3) is 0 Å². The zero-order valence-electron chi connectivity index (χ0n) is 14.1. The van der Waals surface area contributed by atoms with Gasteiger partial charge in [0.1, 0.15) is 5.01 Å². The maximum atomic E-state index is 12.5. The molecule has 0 saturated heterocycles. The highest BCUT2D eigenvalue weighted by molar-refractivity contribution is 7.93. The number of rotatable bonds is 6. The van der Waals surface area contributed by atoms with Crippen molar-refractivity contribution in [2.24, 2.45) is 0 Å². The van der Waals surface area contributed by atoms with E-state index in [1.54, 1.807) is 5.38 Å². The van der Waals surface area contributed by atoms with E-state index < -0.39 is 15.5 Å². The first-order valence-corrected chi connectivity index (χ1v) is 11.3. The topological polar surface area (TPSA) is 84.8 Å². The van der Waals surface area contributed by atoms with Crippen molar-refractivity contribution >= 4 is 50.0 Å². The van der Waals surface area contributed by atoms with Crippen molar-refractivity contribution in [1.29, 1.82) is 0 Å². The van der Waals surface area contributed by atoms with E-state index in [1.807, 2.05) is 6.92 Å². The lowest BCUT2D eigenvalue weighted by Crippen LogP contribution is -2.29. The summed E-state index contributed by atoms with van der Waals surface area (Å²) in [6.45, 7) is 2.04. The molecule has 0 atom stereocenters. The van der Waals surface area contributed by atoms with Crippen molar-refractivity contribution < 1.29 is 21.6 Å². The molecule has 0 amide bonds. The fraction of sp³-hybridized carbons (Fsp3) is 0.267. The minimum absolute atomic E-state index is 0.0585. The summed E-state index contributed by atoms with van der Waals surface area (Å²) in [6, 6.07) is 3.69. The number of thiazole rings is 1. The van der Waals surface area contributed by atoms with E-state index in [0.717, 1.165) is 23.9 Å². The maximum absolute atomic E-state index is 12.5. The normalized spacial score (nSPS) is 12.3. The summed E-state index contributed by atoms with van der Waals surface area (Å²) in [6.07, 6.45) is 1.79. The molecular weight excluding hydrogens is 457 g/mol. The van der Waals surface area contributed by atoms with Gasteiger partial charge in [0, 0.05) is 17.4 Å². The Morgan fingerprint density at radius 1 is 1.21 bits per heavy atom. The van der Waals surface area contributed by atoms with Crippen molar-refractivity contribution in [3.05, 3.63) is 33.6 Å². The van der Waals surface area contributed by atoms with Crippen LogP contribution in [0.4, 0.5) is 18.9 Å². The van der Waals surface area contributed by atoms with Crippen LogP contribution in [0.25, 0.3) is 21.3 Å². The molecule has 0 bridgehead atoms. The number of nitrogens with zero attached hydrogens (tertiary/aromatic N) is 3. The van der Waals surface area contributed by atoms with Gasteiger partial charge in [-0.2, -0.15) is 21.6 Å². The predicted molar refractivity (Wildman–Crippen MR) is 104 cm³/mol. The average molecular weight is 469 g/mol. The Balaban J connectivity index is 1.84. The van der Waals surface area contributed by atoms with E-state index in [4.69, 9.17) is 11.6 Å². The highest BCUT2D eigenvalue weighted by Gasteiger charge is 2.46. The Bertz CT molecular complexity index is 1100. The molecular formula is C15H12ClF3N4O2S3.